The lowest BCUT2D eigenvalue weighted by molar-refractivity contribution is 0.408. The van der Waals surface area contributed by atoms with Gasteiger partial charge in [-0.3, -0.25) is 0 Å². The number of anilines is 1. The highest BCUT2D eigenvalue weighted by Crippen LogP contribution is 2.34. The van der Waals surface area contributed by atoms with Gasteiger partial charge in [-0.2, -0.15) is 0 Å². The van der Waals surface area contributed by atoms with Gasteiger partial charge in [0.2, 0.25) is 0 Å². The molecule has 0 atom stereocenters. The number of hydrogen-bond acceptors (Lipinski definition) is 4. The van der Waals surface area contributed by atoms with Crippen LogP contribution in [0.3, 0.4) is 0 Å². The van der Waals surface area contributed by atoms with E-state index in [-0.39, 0.29) is 0 Å². The monoisotopic (exact) mass is 321 g/mol. The zero-order valence-corrected chi connectivity index (χ0v) is 13.7. The van der Waals surface area contributed by atoms with Crippen molar-refractivity contribution in [2.45, 2.75) is 6.92 Å². The van der Waals surface area contributed by atoms with Crippen LogP contribution in [0.25, 0.3) is 0 Å². The van der Waals surface area contributed by atoms with Gasteiger partial charge in [-0.05, 0) is 43.3 Å². The predicted molar refractivity (Wildman–Crippen MR) is 95.2 cm³/mol. The fourth-order valence-corrected chi connectivity index (χ4v) is 2.31. The fraction of sp³-hybridized carbons (Fsp3) is 0.100. The normalized spacial score (nSPS) is 10.2. The van der Waals surface area contributed by atoms with Crippen molar-refractivity contribution in [3.05, 3.63) is 72.3 Å². The van der Waals surface area contributed by atoms with Crippen LogP contribution in [0, 0.1) is 6.92 Å². The van der Waals surface area contributed by atoms with Crippen molar-refractivity contribution in [1.29, 1.82) is 0 Å². The molecule has 4 heteroatoms. The molecule has 0 unspecified atom stereocenters. The average Bonchev–Trinajstić information content (AvgIpc) is 2.59. The van der Waals surface area contributed by atoms with Gasteiger partial charge in [0, 0.05) is 23.4 Å². The number of nitrogens with two attached hydrogens (primary N) is 1. The highest BCUT2D eigenvalue weighted by molar-refractivity contribution is 5.50. The molecule has 3 aromatic carbocycles. The third-order valence-electron chi connectivity index (χ3n) is 3.59. The van der Waals surface area contributed by atoms with E-state index in [2.05, 4.69) is 0 Å². The molecule has 3 rings (SSSR count). The van der Waals surface area contributed by atoms with Crippen molar-refractivity contribution >= 4 is 5.69 Å². The molecule has 0 fully saturated rings. The quantitative estimate of drug-likeness (QED) is 0.659. The van der Waals surface area contributed by atoms with E-state index in [1.54, 1.807) is 13.2 Å². The van der Waals surface area contributed by atoms with Crippen molar-refractivity contribution in [3.8, 4) is 28.7 Å². The van der Waals surface area contributed by atoms with E-state index in [4.69, 9.17) is 19.9 Å². The lowest BCUT2D eigenvalue weighted by Gasteiger charge is -2.14. The van der Waals surface area contributed by atoms with Gasteiger partial charge in [0.15, 0.2) is 0 Å². The van der Waals surface area contributed by atoms with Crippen molar-refractivity contribution in [3.63, 3.8) is 0 Å². The predicted octanol–water partition coefficient (Wildman–Crippen LogP) is 5.17. The van der Waals surface area contributed by atoms with Crippen LogP contribution in [0.5, 0.6) is 28.7 Å². The summed E-state index contributed by atoms with van der Waals surface area (Å²) in [6.45, 7) is 1.96. The minimum absolute atomic E-state index is 0.661. The molecule has 2 N–H and O–H groups in total. The Morgan fingerprint density at radius 3 is 1.88 bits per heavy atom. The molecule has 0 radical (unpaired) electrons. The number of rotatable bonds is 5. The van der Waals surface area contributed by atoms with Crippen LogP contribution in [0.2, 0.25) is 0 Å². The first-order valence-electron chi connectivity index (χ1n) is 7.60. The van der Waals surface area contributed by atoms with Gasteiger partial charge in [0.1, 0.15) is 28.7 Å². The van der Waals surface area contributed by atoms with E-state index in [0.717, 1.165) is 22.8 Å². The summed E-state index contributed by atoms with van der Waals surface area (Å²) in [6, 6.07) is 20.5. The van der Waals surface area contributed by atoms with Crippen molar-refractivity contribution in [1.82, 2.24) is 0 Å². The molecular formula is C20H19NO3. The molecule has 0 bridgehead atoms. The van der Waals surface area contributed by atoms with Gasteiger partial charge in [0.05, 0.1) is 7.11 Å². The molecule has 0 saturated heterocycles. The highest BCUT2D eigenvalue weighted by atomic mass is 16.5. The number of hydrogen-bond donors (Lipinski definition) is 1. The van der Waals surface area contributed by atoms with E-state index >= 15 is 0 Å². The molecule has 122 valence electrons. The maximum Gasteiger partial charge on any atom is 0.134 e. The van der Waals surface area contributed by atoms with Crippen LogP contribution < -0.4 is 19.9 Å². The number of benzene rings is 3. The highest BCUT2D eigenvalue weighted by Gasteiger charge is 2.09. The Morgan fingerprint density at radius 1 is 0.708 bits per heavy atom. The Labute approximate surface area is 141 Å². The van der Waals surface area contributed by atoms with Crippen LogP contribution in [0.15, 0.2) is 66.7 Å². The van der Waals surface area contributed by atoms with Crippen LogP contribution in [-0.2, 0) is 0 Å². The second-order valence-electron chi connectivity index (χ2n) is 5.33. The first-order valence-corrected chi connectivity index (χ1v) is 7.60. The molecule has 4 nitrogen and oxygen atoms in total. The largest absolute Gasteiger partial charge is 0.497 e. The molecule has 24 heavy (non-hydrogen) atoms. The lowest BCUT2D eigenvalue weighted by atomic mass is 10.2. The van der Waals surface area contributed by atoms with Gasteiger partial charge in [-0.25, -0.2) is 0 Å². The third-order valence-corrected chi connectivity index (χ3v) is 3.59. The molecule has 0 amide bonds. The zero-order valence-electron chi connectivity index (χ0n) is 13.7. The van der Waals surface area contributed by atoms with Crippen molar-refractivity contribution in [2.75, 3.05) is 12.8 Å². The summed E-state index contributed by atoms with van der Waals surface area (Å²) in [5.74, 6) is 3.60. The first-order chi connectivity index (χ1) is 11.7. The minimum Gasteiger partial charge on any atom is -0.497 e. The fourth-order valence-electron chi connectivity index (χ4n) is 2.31. The molecule has 0 aliphatic carbocycles. The van der Waals surface area contributed by atoms with Crippen LogP contribution >= 0.6 is 0 Å². The van der Waals surface area contributed by atoms with Gasteiger partial charge >= 0.3 is 0 Å². The SMILES string of the molecule is COc1cccc(Oc2cccc(Oc3cccc(N)c3)c2C)c1. The lowest BCUT2D eigenvalue weighted by Crippen LogP contribution is -1.93. The summed E-state index contributed by atoms with van der Waals surface area (Å²) in [5.41, 5.74) is 7.36. The van der Waals surface area contributed by atoms with Crippen LogP contribution in [-0.4, -0.2) is 7.11 Å². The van der Waals surface area contributed by atoms with E-state index in [1.165, 1.54) is 0 Å². The number of nitrogen functional groups attached to an aromatic ring is 1. The van der Waals surface area contributed by atoms with Gasteiger partial charge in [-0.15, -0.1) is 0 Å². The summed E-state index contributed by atoms with van der Waals surface area (Å²) in [4.78, 5) is 0. The van der Waals surface area contributed by atoms with Crippen LogP contribution in [0.4, 0.5) is 5.69 Å². The molecule has 3 aromatic rings. The Hall–Kier alpha value is -3.14. The Morgan fingerprint density at radius 2 is 1.25 bits per heavy atom. The van der Waals surface area contributed by atoms with Gasteiger partial charge in [-0.1, -0.05) is 18.2 Å². The molecule has 0 aromatic heterocycles. The summed E-state index contributed by atoms with van der Waals surface area (Å²) in [7, 11) is 1.63. The zero-order chi connectivity index (χ0) is 16.9. The topological polar surface area (TPSA) is 53.7 Å². The van der Waals surface area contributed by atoms with Gasteiger partial charge < -0.3 is 19.9 Å². The molecule has 0 aliphatic rings. The van der Waals surface area contributed by atoms with Gasteiger partial charge in [0.25, 0.3) is 0 Å². The van der Waals surface area contributed by atoms with E-state index in [0.29, 0.717) is 17.2 Å². The van der Waals surface area contributed by atoms with Crippen LogP contribution in [0.1, 0.15) is 5.56 Å². The minimum atomic E-state index is 0.661. The number of methoxy groups -OCH3 is 1. The second kappa shape index (κ2) is 6.96. The van der Waals surface area contributed by atoms with Crippen molar-refractivity contribution in [2.24, 2.45) is 0 Å². The smallest absolute Gasteiger partial charge is 0.134 e. The summed E-state index contributed by atoms with van der Waals surface area (Å²) in [5, 5.41) is 0. The Kier molecular flexibility index (Phi) is 4.57. The first kappa shape index (κ1) is 15.7. The maximum atomic E-state index is 5.97. The maximum absolute atomic E-state index is 5.97. The van der Waals surface area contributed by atoms with Crippen molar-refractivity contribution < 1.29 is 14.2 Å². The molecule has 0 spiro atoms. The Balaban J connectivity index is 1.85. The third kappa shape index (κ3) is 3.60. The number of ether oxygens (including phenoxy) is 3. The molecule has 0 saturated carbocycles. The van der Waals surface area contributed by atoms with E-state index in [1.807, 2.05) is 67.6 Å². The summed E-state index contributed by atoms with van der Waals surface area (Å²) in [6.07, 6.45) is 0. The molecule has 0 heterocycles. The molecular weight excluding hydrogens is 302 g/mol. The van der Waals surface area contributed by atoms with E-state index < -0.39 is 0 Å². The standard InChI is InChI=1S/C20H19NO3/c1-14-19(23-17-8-3-6-15(21)12-17)10-5-11-20(14)24-18-9-4-7-16(13-18)22-2/h3-13H,21H2,1-2H3. The summed E-state index contributed by atoms with van der Waals surface area (Å²) < 4.78 is 17.1. The summed E-state index contributed by atoms with van der Waals surface area (Å²) >= 11 is 0. The van der Waals surface area contributed by atoms with E-state index in [9.17, 15) is 0 Å². The molecule has 0 aliphatic heterocycles. The average molecular weight is 321 g/mol. The Bertz CT molecular complexity index is 846. The second-order valence-corrected chi connectivity index (χ2v) is 5.33.